The van der Waals surface area contributed by atoms with Gasteiger partial charge in [0.25, 0.3) is 0 Å². The molecular formula is C9H18N2O2. The first-order valence-electron chi connectivity index (χ1n) is 4.81. The number of hydrogen-bond donors (Lipinski definition) is 2. The van der Waals surface area contributed by atoms with Gasteiger partial charge in [0.1, 0.15) is 0 Å². The van der Waals surface area contributed by atoms with Gasteiger partial charge in [-0.3, -0.25) is 4.79 Å². The molecule has 4 nitrogen and oxygen atoms in total. The SMILES string of the molecule is CC1COCCC1C(=O)NCCN. The molecule has 76 valence electrons. The summed E-state index contributed by atoms with van der Waals surface area (Å²) < 4.78 is 5.26. The molecule has 1 fully saturated rings. The number of carbonyl (C=O) groups excluding carboxylic acids is 1. The van der Waals surface area contributed by atoms with Gasteiger partial charge in [0, 0.05) is 32.2 Å². The van der Waals surface area contributed by atoms with Gasteiger partial charge >= 0.3 is 0 Å². The molecule has 2 atom stereocenters. The normalized spacial score (nSPS) is 28.5. The Morgan fingerprint density at radius 1 is 1.69 bits per heavy atom. The Morgan fingerprint density at radius 2 is 2.46 bits per heavy atom. The van der Waals surface area contributed by atoms with E-state index in [1.165, 1.54) is 0 Å². The van der Waals surface area contributed by atoms with Crippen molar-refractivity contribution in [2.75, 3.05) is 26.3 Å². The van der Waals surface area contributed by atoms with Crippen molar-refractivity contribution in [3.63, 3.8) is 0 Å². The van der Waals surface area contributed by atoms with Crippen molar-refractivity contribution in [1.82, 2.24) is 5.32 Å². The minimum absolute atomic E-state index is 0.111. The molecule has 0 aromatic heterocycles. The molecule has 1 amide bonds. The topological polar surface area (TPSA) is 64.3 Å². The summed E-state index contributed by atoms with van der Waals surface area (Å²) in [7, 11) is 0. The third-order valence-electron chi connectivity index (χ3n) is 2.42. The zero-order valence-corrected chi connectivity index (χ0v) is 8.08. The van der Waals surface area contributed by atoms with Gasteiger partial charge in [0.05, 0.1) is 0 Å². The molecule has 0 aromatic rings. The zero-order valence-electron chi connectivity index (χ0n) is 8.08. The summed E-state index contributed by atoms with van der Waals surface area (Å²) in [5.74, 6) is 0.563. The van der Waals surface area contributed by atoms with Crippen LogP contribution < -0.4 is 11.1 Å². The summed E-state index contributed by atoms with van der Waals surface area (Å²) in [4.78, 5) is 11.5. The largest absolute Gasteiger partial charge is 0.381 e. The van der Waals surface area contributed by atoms with Gasteiger partial charge in [0.15, 0.2) is 0 Å². The second-order valence-electron chi connectivity index (χ2n) is 3.53. The Bertz CT molecular complexity index is 173. The molecule has 0 aliphatic carbocycles. The summed E-state index contributed by atoms with van der Waals surface area (Å²) in [6.45, 7) is 4.52. The van der Waals surface area contributed by atoms with E-state index in [1.807, 2.05) is 6.92 Å². The monoisotopic (exact) mass is 186 g/mol. The van der Waals surface area contributed by atoms with E-state index in [0.717, 1.165) is 6.42 Å². The van der Waals surface area contributed by atoms with Crippen LogP contribution in [-0.4, -0.2) is 32.2 Å². The predicted molar refractivity (Wildman–Crippen MR) is 50.2 cm³/mol. The first-order chi connectivity index (χ1) is 6.25. The highest BCUT2D eigenvalue weighted by Crippen LogP contribution is 2.20. The molecule has 13 heavy (non-hydrogen) atoms. The second-order valence-corrected chi connectivity index (χ2v) is 3.53. The predicted octanol–water partition coefficient (Wildman–Crippen LogP) is -0.266. The van der Waals surface area contributed by atoms with Gasteiger partial charge in [-0.1, -0.05) is 6.92 Å². The van der Waals surface area contributed by atoms with Gasteiger partial charge in [-0.05, 0) is 12.3 Å². The van der Waals surface area contributed by atoms with E-state index < -0.39 is 0 Å². The van der Waals surface area contributed by atoms with Crippen molar-refractivity contribution in [2.45, 2.75) is 13.3 Å². The van der Waals surface area contributed by atoms with Crippen LogP contribution in [0.2, 0.25) is 0 Å². The smallest absolute Gasteiger partial charge is 0.223 e. The minimum Gasteiger partial charge on any atom is -0.381 e. The van der Waals surface area contributed by atoms with Gasteiger partial charge in [-0.2, -0.15) is 0 Å². The maximum absolute atomic E-state index is 11.5. The average Bonchev–Trinajstić information content (AvgIpc) is 2.15. The molecule has 1 heterocycles. The van der Waals surface area contributed by atoms with Crippen LogP contribution in [0.15, 0.2) is 0 Å². The van der Waals surface area contributed by atoms with Crippen LogP contribution in [0.5, 0.6) is 0 Å². The van der Waals surface area contributed by atoms with E-state index in [4.69, 9.17) is 10.5 Å². The molecule has 0 aromatic carbocycles. The summed E-state index contributed by atoms with van der Waals surface area (Å²) in [6.07, 6.45) is 0.831. The highest BCUT2D eigenvalue weighted by Gasteiger charge is 2.27. The lowest BCUT2D eigenvalue weighted by atomic mass is 9.89. The van der Waals surface area contributed by atoms with E-state index in [1.54, 1.807) is 0 Å². The third kappa shape index (κ3) is 2.97. The summed E-state index contributed by atoms with van der Waals surface area (Å²) in [5.41, 5.74) is 5.30. The molecule has 1 saturated heterocycles. The Hall–Kier alpha value is -0.610. The van der Waals surface area contributed by atoms with Crippen LogP contribution >= 0.6 is 0 Å². The molecule has 0 radical (unpaired) electrons. The Labute approximate surface area is 78.8 Å². The van der Waals surface area contributed by atoms with Crippen LogP contribution in [0.3, 0.4) is 0 Å². The van der Waals surface area contributed by atoms with Crippen LogP contribution in [0, 0.1) is 11.8 Å². The number of rotatable bonds is 3. The van der Waals surface area contributed by atoms with E-state index in [0.29, 0.717) is 32.2 Å². The highest BCUT2D eigenvalue weighted by atomic mass is 16.5. The molecule has 0 saturated carbocycles. The van der Waals surface area contributed by atoms with Crippen molar-refractivity contribution in [3.05, 3.63) is 0 Å². The minimum atomic E-state index is 0.111. The molecule has 0 bridgehead atoms. The lowest BCUT2D eigenvalue weighted by molar-refractivity contribution is -0.130. The lowest BCUT2D eigenvalue weighted by Crippen LogP contribution is -2.40. The second kappa shape index (κ2) is 5.19. The molecule has 0 spiro atoms. The van der Waals surface area contributed by atoms with Crippen molar-refractivity contribution in [2.24, 2.45) is 17.6 Å². The van der Waals surface area contributed by atoms with Crippen LogP contribution in [0.4, 0.5) is 0 Å². The number of carbonyl (C=O) groups is 1. The van der Waals surface area contributed by atoms with Gasteiger partial charge < -0.3 is 15.8 Å². The molecule has 1 aliphatic rings. The number of hydrogen-bond acceptors (Lipinski definition) is 3. The number of ether oxygens (including phenoxy) is 1. The standard InChI is InChI=1S/C9H18N2O2/c1-7-6-13-5-2-8(7)9(12)11-4-3-10/h7-8H,2-6,10H2,1H3,(H,11,12). The van der Waals surface area contributed by atoms with Gasteiger partial charge in [-0.15, -0.1) is 0 Å². The van der Waals surface area contributed by atoms with Crippen molar-refractivity contribution < 1.29 is 9.53 Å². The molecule has 2 unspecified atom stereocenters. The first-order valence-corrected chi connectivity index (χ1v) is 4.81. The van der Waals surface area contributed by atoms with Crippen molar-refractivity contribution >= 4 is 5.91 Å². The lowest BCUT2D eigenvalue weighted by Gasteiger charge is -2.27. The van der Waals surface area contributed by atoms with Crippen LogP contribution in [0.25, 0.3) is 0 Å². The Balaban J connectivity index is 2.35. The Kier molecular flexibility index (Phi) is 4.18. The van der Waals surface area contributed by atoms with Crippen LogP contribution in [-0.2, 0) is 9.53 Å². The molecule has 4 heteroatoms. The van der Waals surface area contributed by atoms with Gasteiger partial charge in [0.2, 0.25) is 5.91 Å². The first kappa shape index (κ1) is 10.5. The maximum atomic E-state index is 11.5. The van der Waals surface area contributed by atoms with E-state index in [9.17, 15) is 4.79 Å². The number of nitrogens with one attached hydrogen (secondary N) is 1. The zero-order chi connectivity index (χ0) is 9.68. The van der Waals surface area contributed by atoms with Crippen molar-refractivity contribution in [1.29, 1.82) is 0 Å². The molecular weight excluding hydrogens is 168 g/mol. The summed E-state index contributed by atoms with van der Waals surface area (Å²) in [6, 6.07) is 0. The molecule has 1 aliphatic heterocycles. The Morgan fingerprint density at radius 3 is 3.08 bits per heavy atom. The third-order valence-corrected chi connectivity index (χ3v) is 2.42. The maximum Gasteiger partial charge on any atom is 0.223 e. The number of nitrogens with two attached hydrogens (primary N) is 1. The van der Waals surface area contributed by atoms with E-state index in [2.05, 4.69) is 5.32 Å². The fraction of sp³-hybridized carbons (Fsp3) is 0.889. The number of amides is 1. The fourth-order valence-corrected chi connectivity index (χ4v) is 1.60. The molecule has 3 N–H and O–H groups in total. The summed E-state index contributed by atoms with van der Waals surface area (Å²) >= 11 is 0. The van der Waals surface area contributed by atoms with E-state index in [-0.39, 0.29) is 11.8 Å². The highest BCUT2D eigenvalue weighted by molar-refractivity contribution is 5.78. The average molecular weight is 186 g/mol. The molecule has 1 rings (SSSR count). The summed E-state index contributed by atoms with van der Waals surface area (Å²) in [5, 5.41) is 2.81. The van der Waals surface area contributed by atoms with Gasteiger partial charge in [-0.25, -0.2) is 0 Å². The van der Waals surface area contributed by atoms with E-state index >= 15 is 0 Å². The van der Waals surface area contributed by atoms with Crippen LogP contribution in [0.1, 0.15) is 13.3 Å². The fourth-order valence-electron chi connectivity index (χ4n) is 1.60. The van der Waals surface area contributed by atoms with Crippen molar-refractivity contribution in [3.8, 4) is 0 Å². The quantitative estimate of drug-likeness (QED) is 0.638.